The molecule has 2 heterocycles. The van der Waals surface area contributed by atoms with Crippen molar-refractivity contribution in [2.24, 2.45) is 0 Å². The van der Waals surface area contributed by atoms with E-state index in [1.165, 1.54) is 0 Å². The molecule has 0 spiro atoms. The highest BCUT2D eigenvalue weighted by Crippen LogP contribution is 2.35. The van der Waals surface area contributed by atoms with Crippen molar-refractivity contribution in [3.05, 3.63) is 66.4 Å². The van der Waals surface area contributed by atoms with Crippen LogP contribution in [0.1, 0.15) is 6.92 Å². The van der Waals surface area contributed by atoms with E-state index >= 15 is 0 Å². The summed E-state index contributed by atoms with van der Waals surface area (Å²) in [5.41, 5.74) is 3.54. The number of allylic oxidation sites excluding steroid dienone is 3. The van der Waals surface area contributed by atoms with Gasteiger partial charge in [-0.25, -0.2) is 9.97 Å². The SMILES string of the molecule is COc1ccc(OC)c(Nc2nc3ccccc3nc2N2CC=CC=C2C)c1. The Morgan fingerprint density at radius 3 is 2.50 bits per heavy atom. The molecule has 28 heavy (non-hydrogen) atoms. The van der Waals surface area contributed by atoms with E-state index in [2.05, 4.69) is 35.4 Å². The highest BCUT2D eigenvalue weighted by molar-refractivity contribution is 5.84. The molecule has 142 valence electrons. The van der Waals surface area contributed by atoms with Crippen LogP contribution in [0, 0.1) is 0 Å². The zero-order valence-corrected chi connectivity index (χ0v) is 16.1. The highest BCUT2D eigenvalue weighted by Gasteiger charge is 2.19. The Labute approximate surface area is 164 Å². The van der Waals surface area contributed by atoms with Crippen LogP contribution in [0.3, 0.4) is 0 Å². The van der Waals surface area contributed by atoms with Crippen LogP contribution < -0.4 is 19.7 Å². The van der Waals surface area contributed by atoms with Crippen LogP contribution in [0.4, 0.5) is 17.3 Å². The van der Waals surface area contributed by atoms with E-state index in [9.17, 15) is 0 Å². The van der Waals surface area contributed by atoms with Crippen LogP contribution in [0.25, 0.3) is 11.0 Å². The van der Waals surface area contributed by atoms with E-state index in [1.54, 1.807) is 14.2 Å². The molecule has 1 aromatic heterocycles. The van der Waals surface area contributed by atoms with Crippen molar-refractivity contribution in [3.63, 3.8) is 0 Å². The van der Waals surface area contributed by atoms with Gasteiger partial charge in [0.25, 0.3) is 0 Å². The normalized spacial score (nSPS) is 13.4. The molecule has 3 aromatic rings. The monoisotopic (exact) mass is 374 g/mol. The van der Waals surface area contributed by atoms with Gasteiger partial charge in [0.2, 0.25) is 0 Å². The summed E-state index contributed by atoms with van der Waals surface area (Å²) in [5.74, 6) is 2.86. The van der Waals surface area contributed by atoms with E-state index in [4.69, 9.17) is 19.4 Å². The van der Waals surface area contributed by atoms with Crippen LogP contribution in [-0.4, -0.2) is 30.7 Å². The molecule has 0 saturated heterocycles. The minimum Gasteiger partial charge on any atom is -0.497 e. The smallest absolute Gasteiger partial charge is 0.177 e. The van der Waals surface area contributed by atoms with Crippen molar-refractivity contribution in [1.29, 1.82) is 0 Å². The first-order valence-electron chi connectivity index (χ1n) is 9.06. The Morgan fingerprint density at radius 1 is 1.00 bits per heavy atom. The zero-order chi connectivity index (χ0) is 19.5. The standard InChI is InChI=1S/C22H22N4O2/c1-15-8-6-7-13-26(15)22-21(23-17-9-4-5-10-18(17)25-22)24-19-14-16(27-2)11-12-20(19)28-3/h4-12,14H,13H2,1-3H3,(H,23,24). The largest absolute Gasteiger partial charge is 0.497 e. The Bertz CT molecular complexity index is 1080. The molecule has 1 aliphatic rings. The van der Waals surface area contributed by atoms with Gasteiger partial charge in [0.1, 0.15) is 11.5 Å². The van der Waals surface area contributed by atoms with E-state index in [1.807, 2.05) is 42.5 Å². The average Bonchev–Trinajstić information content (AvgIpc) is 2.73. The summed E-state index contributed by atoms with van der Waals surface area (Å²) in [6, 6.07) is 13.5. The molecule has 6 nitrogen and oxygen atoms in total. The molecule has 0 fully saturated rings. The number of ether oxygens (including phenoxy) is 2. The van der Waals surface area contributed by atoms with Gasteiger partial charge in [-0.15, -0.1) is 0 Å². The average molecular weight is 374 g/mol. The van der Waals surface area contributed by atoms with E-state index in [-0.39, 0.29) is 0 Å². The number of aromatic nitrogens is 2. The van der Waals surface area contributed by atoms with Gasteiger partial charge in [0.15, 0.2) is 11.6 Å². The molecular formula is C22H22N4O2. The van der Waals surface area contributed by atoms with Crippen molar-refractivity contribution in [2.45, 2.75) is 6.92 Å². The van der Waals surface area contributed by atoms with Gasteiger partial charge >= 0.3 is 0 Å². The second-order valence-electron chi connectivity index (χ2n) is 6.42. The maximum atomic E-state index is 5.51. The van der Waals surface area contributed by atoms with Gasteiger partial charge in [-0.3, -0.25) is 0 Å². The lowest BCUT2D eigenvalue weighted by Gasteiger charge is -2.27. The molecule has 0 unspecified atom stereocenters. The molecule has 2 aromatic carbocycles. The third kappa shape index (κ3) is 3.36. The van der Waals surface area contributed by atoms with Gasteiger partial charge in [0.05, 0.1) is 30.9 Å². The predicted molar refractivity (Wildman–Crippen MR) is 113 cm³/mol. The maximum absolute atomic E-state index is 5.51. The third-order valence-corrected chi connectivity index (χ3v) is 4.65. The number of fused-ring (bicyclic) bond motifs is 1. The van der Waals surface area contributed by atoms with Crippen molar-refractivity contribution < 1.29 is 9.47 Å². The number of anilines is 3. The Morgan fingerprint density at radius 2 is 1.79 bits per heavy atom. The lowest BCUT2D eigenvalue weighted by atomic mass is 10.2. The number of methoxy groups -OCH3 is 2. The van der Waals surface area contributed by atoms with Gasteiger partial charge in [0, 0.05) is 18.3 Å². The van der Waals surface area contributed by atoms with Crippen LogP contribution in [-0.2, 0) is 0 Å². The summed E-state index contributed by atoms with van der Waals surface area (Å²) in [4.78, 5) is 11.9. The summed E-state index contributed by atoms with van der Waals surface area (Å²) < 4.78 is 10.9. The molecule has 0 saturated carbocycles. The number of para-hydroxylation sites is 2. The van der Waals surface area contributed by atoms with Gasteiger partial charge in [-0.2, -0.15) is 0 Å². The first-order chi connectivity index (χ1) is 13.7. The van der Waals surface area contributed by atoms with Gasteiger partial charge in [-0.1, -0.05) is 24.3 Å². The molecule has 1 N–H and O–H groups in total. The Balaban J connectivity index is 1.85. The maximum Gasteiger partial charge on any atom is 0.177 e. The Hall–Kier alpha value is -3.54. The quantitative estimate of drug-likeness (QED) is 0.700. The number of benzene rings is 2. The number of nitrogens with one attached hydrogen (secondary N) is 1. The molecule has 0 radical (unpaired) electrons. The lowest BCUT2D eigenvalue weighted by molar-refractivity contribution is 0.405. The third-order valence-electron chi connectivity index (χ3n) is 4.65. The van der Waals surface area contributed by atoms with Crippen molar-refractivity contribution in [3.8, 4) is 11.5 Å². The topological polar surface area (TPSA) is 59.5 Å². The number of nitrogens with zero attached hydrogens (tertiary/aromatic N) is 3. The molecule has 0 aliphatic carbocycles. The van der Waals surface area contributed by atoms with Crippen LogP contribution >= 0.6 is 0 Å². The summed E-state index contributed by atoms with van der Waals surface area (Å²) in [6.07, 6.45) is 6.22. The Kier molecular flexibility index (Phi) is 4.85. The first-order valence-corrected chi connectivity index (χ1v) is 9.06. The minimum atomic E-state index is 0.660. The summed E-state index contributed by atoms with van der Waals surface area (Å²) >= 11 is 0. The van der Waals surface area contributed by atoms with Crippen LogP contribution in [0.15, 0.2) is 66.4 Å². The summed E-state index contributed by atoms with van der Waals surface area (Å²) in [7, 11) is 3.28. The van der Waals surface area contributed by atoms with Crippen molar-refractivity contribution in [2.75, 3.05) is 31.0 Å². The van der Waals surface area contributed by atoms with Crippen LogP contribution in [0.5, 0.6) is 11.5 Å². The molecular weight excluding hydrogens is 352 g/mol. The first kappa shape index (κ1) is 17.9. The fourth-order valence-electron chi connectivity index (χ4n) is 3.16. The van der Waals surface area contributed by atoms with Crippen LogP contribution in [0.2, 0.25) is 0 Å². The number of hydrogen-bond donors (Lipinski definition) is 1. The molecule has 0 amide bonds. The molecule has 1 aliphatic heterocycles. The molecule has 4 rings (SSSR count). The molecule has 6 heteroatoms. The zero-order valence-electron chi connectivity index (χ0n) is 16.1. The number of rotatable bonds is 5. The second kappa shape index (κ2) is 7.60. The fourth-order valence-corrected chi connectivity index (χ4v) is 3.16. The highest BCUT2D eigenvalue weighted by atomic mass is 16.5. The molecule has 0 bridgehead atoms. The van der Waals surface area contributed by atoms with Gasteiger partial charge in [-0.05, 0) is 37.3 Å². The summed E-state index contributed by atoms with van der Waals surface area (Å²) in [5, 5.41) is 3.41. The van der Waals surface area contributed by atoms with Gasteiger partial charge < -0.3 is 19.7 Å². The van der Waals surface area contributed by atoms with Crippen molar-refractivity contribution >= 4 is 28.4 Å². The second-order valence-corrected chi connectivity index (χ2v) is 6.42. The lowest BCUT2D eigenvalue weighted by Crippen LogP contribution is -2.25. The van der Waals surface area contributed by atoms with E-state index in [0.717, 1.165) is 40.5 Å². The minimum absolute atomic E-state index is 0.660. The van der Waals surface area contributed by atoms with Crippen molar-refractivity contribution in [1.82, 2.24) is 9.97 Å². The molecule has 0 atom stereocenters. The number of hydrogen-bond acceptors (Lipinski definition) is 6. The van der Waals surface area contributed by atoms with E-state index in [0.29, 0.717) is 11.6 Å². The van der Waals surface area contributed by atoms with E-state index < -0.39 is 0 Å². The fraction of sp³-hybridized carbons (Fsp3) is 0.182. The summed E-state index contributed by atoms with van der Waals surface area (Å²) in [6.45, 7) is 2.80. The predicted octanol–water partition coefficient (Wildman–Crippen LogP) is 4.67.